The van der Waals surface area contributed by atoms with Crippen LogP contribution in [0.1, 0.15) is 44.9 Å². The third-order valence-electron chi connectivity index (χ3n) is 4.34. The zero-order valence-corrected chi connectivity index (χ0v) is 8.92. The van der Waals surface area contributed by atoms with Crippen LogP contribution in [0.2, 0.25) is 0 Å². The molecule has 0 radical (unpaired) electrons. The van der Waals surface area contributed by atoms with Gasteiger partial charge >= 0.3 is 0 Å². The summed E-state index contributed by atoms with van der Waals surface area (Å²) >= 11 is 0. The largest absolute Gasteiger partial charge is 0.369 e. The standard InChI is InChI=1S/C11H18N2O2/c12-8(14)10-3-1-4-11(7-10,9(13)15)6-2-5-10/h1-7H2,(H2,12,14)(H2,13,15). The fraction of sp³-hybridized carbons (Fsp3) is 0.818. The summed E-state index contributed by atoms with van der Waals surface area (Å²) in [6, 6.07) is 0. The molecule has 2 aliphatic carbocycles. The second kappa shape index (κ2) is 3.22. The number of hydrogen-bond donors (Lipinski definition) is 2. The monoisotopic (exact) mass is 210 g/mol. The number of carbonyl (C=O) groups is 2. The molecule has 4 nitrogen and oxygen atoms in total. The van der Waals surface area contributed by atoms with Crippen LogP contribution in [0.3, 0.4) is 0 Å². The Kier molecular flexibility index (Phi) is 2.24. The van der Waals surface area contributed by atoms with Crippen molar-refractivity contribution in [1.82, 2.24) is 0 Å². The molecule has 0 spiro atoms. The third-order valence-corrected chi connectivity index (χ3v) is 4.34. The molecule has 0 aromatic rings. The highest BCUT2D eigenvalue weighted by Gasteiger charge is 2.53. The Morgan fingerprint density at radius 3 is 1.40 bits per heavy atom. The second-order valence-electron chi connectivity index (χ2n) is 5.17. The fourth-order valence-electron chi connectivity index (χ4n) is 3.45. The molecule has 0 atom stereocenters. The van der Waals surface area contributed by atoms with Crippen molar-refractivity contribution in [2.24, 2.45) is 22.3 Å². The Balaban J connectivity index is 2.32. The SMILES string of the molecule is NC(=O)C12CCCC(C(N)=O)(CCC1)C2. The van der Waals surface area contributed by atoms with Crippen LogP contribution in [0.4, 0.5) is 0 Å². The van der Waals surface area contributed by atoms with Crippen molar-refractivity contribution >= 4 is 11.8 Å². The Morgan fingerprint density at radius 1 is 0.800 bits per heavy atom. The maximum Gasteiger partial charge on any atom is 0.223 e. The van der Waals surface area contributed by atoms with Crippen molar-refractivity contribution in [3.05, 3.63) is 0 Å². The Bertz CT molecular complexity index is 274. The molecule has 0 saturated heterocycles. The lowest BCUT2D eigenvalue weighted by Crippen LogP contribution is -2.52. The molecule has 2 saturated carbocycles. The first-order valence-corrected chi connectivity index (χ1v) is 5.61. The lowest BCUT2D eigenvalue weighted by Gasteiger charge is -2.49. The third kappa shape index (κ3) is 1.43. The summed E-state index contributed by atoms with van der Waals surface area (Å²) in [5, 5.41) is 0. The van der Waals surface area contributed by atoms with Crippen LogP contribution in [0, 0.1) is 10.8 Å². The lowest BCUT2D eigenvalue weighted by atomic mass is 9.54. The van der Waals surface area contributed by atoms with Crippen molar-refractivity contribution in [2.45, 2.75) is 44.9 Å². The Morgan fingerprint density at radius 2 is 1.13 bits per heavy atom. The zero-order chi connectivity index (χ0) is 11.1. The van der Waals surface area contributed by atoms with E-state index in [1.807, 2.05) is 0 Å². The average molecular weight is 210 g/mol. The van der Waals surface area contributed by atoms with E-state index in [-0.39, 0.29) is 11.8 Å². The predicted molar refractivity (Wildman–Crippen MR) is 55.6 cm³/mol. The molecular weight excluding hydrogens is 192 g/mol. The molecular formula is C11H18N2O2. The van der Waals surface area contributed by atoms with Crippen molar-refractivity contribution in [3.63, 3.8) is 0 Å². The zero-order valence-electron chi connectivity index (χ0n) is 8.92. The van der Waals surface area contributed by atoms with Crippen LogP contribution in [-0.4, -0.2) is 11.8 Å². The van der Waals surface area contributed by atoms with Crippen molar-refractivity contribution in [3.8, 4) is 0 Å². The summed E-state index contributed by atoms with van der Waals surface area (Å²) in [4.78, 5) is 23.0. The normalized spacial score (nSPS) is 39.7. The molecule has 84 valence electrons. The van der Waals surface area contributed by atoms with Gasteiger partial charge in [0.05, 0.1) is 0 Å². The highest BCUT2D eigenvalue weighted by Crippen LogP contribution is 2.55. The average Bonchev–Trinajstić information content (AvgIpc) is 2.17. The van der Waals surface area contributed by atoms with E-state index in [1.54, 1.807) is 0 Å². The highest BCUT2D eigenvalue weighted by atomic mass is 16.2. The second-order valence-corrected chi connectivity index (χ2v) is 5.17. The van der Waals surface area contributed by atoms with Gasteiger partial charge in [0.2, 0.25) is 11.8 Å². The first-order chi connectivity index (χ1) is 7.01. The van der Waals surface area contributed by atoms with E-state index >= 15 is 0 Å². The van der Waals surface area contributed by atoms with Crippen LogP contribution < -0.4 is 11.5 Å². The molecule has 2 amide bonds. The van der Waals surface area contributed by atoms with E-state index in [0.29, 0.717) is 6.42 Å². The number of carbonyl (C=O) groups excluding carboxylic acids is 2. The topological polar surface area (TPSA) is 86.2 Å². The number of nitrogens with two attached hydrogens (primary N) is 2. The van der Waals surface area contributed by atoms with Gasteiger partial charge in [0.25, 0.3) is 0 Å². The number of fused-ring (bicyclic) bond motifs is 2. The van der Waals surface area contributed by atoms with Gasteiger partial charge < -0.3 is 11.5 Å². The molecule has 2 bridgehead atoms. The molecule has 2 fully saturated rings. The van der Waals surface area contributed by atoms with E-state index in [4.69, 9.17) is 11.5 Å². The van der Waals surface area contributed by atoms with Crippen LogP contribution in [-0.2, 0) is 9.59 Å². The predicted octanol–water partition coefficient (Wildman–Crippen LogP) is 0.688. The smallest absolute Gasteiger partial charge is 0.223 e. The molecule has 0 aromatic heterocycles. The van der Waals surface area contributed by atoms with Crippen LogP contribution in [0.15, 0.2) is 0 Å². The number of primary amides is 2. The van der Waals surface area contributed by atoms with Gasteiger partial charge in [0.15, 0.2) is 0 Å². The van der Waals surface area contributed by atoms with Crippen molar-refractivity contribution < 1.29 is 9.59 Å². The van der Waals surface area contributed by atoms with Crippen LogP contribution in [0.5, 0.6) is 0 Å². The molecule has 0 aliphatic heterocycles. The molecule has 4 heteroatoms. The molecule has 0 aromatic carbocycles. The fourth-order valence-corrected chi connectivity index (χ4v) is 3.45. The minimum Gasteiger partial charge on any atom is -0.369 e. The molecule has 2 aliphatic rings. The van der Waals surface area contributed by atoms with E-state index < -0.39 is 10.8 Å². The molecule has 4 N–H and O–H groups in total. The Labute approximate surface area is 89.4 Å². The maximum absolute atomic E-state index is 11.5. The molecule has 0 unspecified atom stereocenters. The summed E-state index contributed by atoms with van der Waals surface area (Å²) in [6.45, 7) is 0. The van der Waals surface area contributed by atoms with Gasteiger partial charge in [-0.3, -0.25) is 9.59 Å². The summed E-state index contributed by atoms with van der Waals surface area (Å²) in [7, 11) is 0. The minimum absolute atomic E-state index is 0.243. The first-order valence-electron chi connectivity index (χ1n) is 5.61. The van der Waals surface area contributed by atoms with E-state index in [2.05, 4.69) is 0 Å². The van der Waals surface area contributed by atoms with E-state index in [1.165, 1.54) is 0 Å². The van der Waals surface area contributed by atoms with Gasteiger partial charge in [-0.1, -0.05) is 12.8 Å². The van der Waals surface area contributed by atoms with Gasteiger partial charge in [-0.2, -0.15) is 0 Å². The summed E-state index contributed by atoms with van der Waals surface area (Å²) < 4.78 is 0. The molecule has 2 rings (SSSR count). The van der Waals surface area contributed by atoms with Crippen molar-refractivity contribution in [1.29, 1.82) is 0 Å². The number of rotatable bonds is 2. The van der Waals surface area contributed by atoms with Gasteiger partial charge in [-0.05, 0) is 32.1 Å². The summed E-state index contributed by atoms with van der Waals surface area (Å²) in [6.07, 6.45) is 5.70. The van der Waals surface area contributed by atoms with Gasteiger partial charge in [-0.15, -0.1) is 0 Å². The van der Waals surface area contributed by atoms with Crippen molar-refractivity contribution in [2.75, 3.05) is 0 Å². The lowest BCUT2D eigenvalue weighted by molar-refractivity contribution is -0.145. The highest BCUT2D eigenvalue weighted by molar-refractivity contribution is 5.86. The number of amides is 2. The number of hydrogen-bond acceptors (Lipinski definition) is 2. The summed E-state index contributed by atoms with van der Waals surface area (Å²) in [5.74, 6) is -0.486. The first kappa shape index (κ1) is 10.5. The van der Waals surface area contributed by atoms with Gasteiger partial charge in [0.1, 0.15) is 0 Å². The van der Waals surface area contributed by atoms with Gasteiger partial charge in [0, 0.05) is 10.8 Å². The summed E-state index contributed by atoms with van der Waals surface area (Å²) in [5.41, 5.74) is 10.1. The maximum atomic E-state index is 11.5. The van der Waals surface area contributed by atoms with Crippen LogP contribution in [0.25, 0.3) is 0 Å². The van der Waals surface area contributed by atoms with E-state index in [0.717, 1.165) is 38.5 Å². The molecule has 0 heterocycles. The van der Waals surface area contributed by atoms with Crippen LogP contribution >= 0.6 is 0 Å². The van der Waals surface area contributed by atoms with Gasteiger partial charge in [-0.25, -0.2) is 0 Å². The Hall–Kier alpha value is -1.06. The molecule has 15 heavy (non-hydrogen) atoms. The van der Waals surface area contributed by atoms with E-state index in [9.17, 15) is 9.59 Å². The quantitative estimate of drug-likeness (QED) is 0.702. The minimum atomic E-state index is -0.439.